The second-order valence-electron chi connectivity index (χ2n) is 3.80. The first kappa shape index (κ1) is 14.4. The lowest BCUT2D eigenvalue weighted by Crippen LogP contribution is -2.12. The topological polar surface area (TPSA) is 24.9 Å². The maximum absolute atomic E-state index is 3.99. The molecule has 0 unspecified atom stereocenters. The Bertz CT molecular complexity index is 454. The van der Waals surface area contributed by atoms with Crippen molar-refractivity contribution in [3.05, 3.63) is 72.1 Å². The van der Waals surface area contributed by atoms with Crippen LogP contribution in [0.25, 0.3) is 6.08 Å². The molecule has 0 aliphatic carbocycles. The summed E-state index contributed by atoms with van der Waals surface area (Å²) in [6.07, 6.45) is 7.89. The van der Waals surface area contributed by atoms with Gasteiger partial charge in [-0.3, -0.25) is 4.98 Å². The number of rotatable bonds is 5. The van der Waals surface area contributed by atoms with Crippen molar-refractivity contribution in [1.29, 1.82) is 0 Å². The zero-order chi connectivity index (χ0) is 11.8. The third kappa shape index (κ3) is 5.13. The Kier molecular flexibility index (Phi) is 6.77. The highest BCUT2D eigenvalue weighted by molar-refractivity contribution is 5.85. The van der Waals surface area contributed by atoms with Gasteiger partial charge >= 0.3 is 0 Å². The average Bonchev–Trinajstić information content (AvgIpc) is 2.41. The van der Waals surface area contributed by atoms with Gasteiger partial charge in [-0.2, -0.15) is 0 Å². The van der Waals surface area contributed by atoms with Crippen molar-refractivity contribution in [2.45, 2.75) is 6.54 Å². The van der Waals surface area contributed by atoms with Crippen LogP contribution in [0.2, 0.25) is 0 Å². The van der Waals surface area contributed by atoms with Crippen molar-refractivity contribution >= 4 is 18.5 Å². The summed E-state index contributed by atoms with van der Waals surface area (Å²) >= 11 is 0. The summed E-state index contributed by atoms with van der Waals surface area (Å²) in [6.45, 7) is 1.75. The third-order valence-corrected chi connectivity index (χ3v) is 2.45. The molecule has 0 saturated heterocycles. The molecule has 0 saturated carbocycles. The molecule has 0 spiro atoms. The van der Waals surface area contributed by atoms with Gasteiger partial charge in [0.2, 0.25) is 0 Å². The quantitative estimate of drug-likeness (QED) is 0.835. The molecular weight excluding hydrogens is 244 g/mol. The molecule has 0 fully saturated rings. The van der Waals surface area contributed by atoms with E-state index in [1.165, 1.54) is 11.1 Å². The van der Waals surface area contributed by atoms with Crippen molar-refractivity contribution in [3.63, 3.8) is 0 Å². The third-order valence-electron chi connectivity index (χ3n) is 2.45. The van der Waals surface area contributed by atoms with E-state index in [9.17, 15) is 0 Å². The van der Waals surface area contributed by atoms with Crippen molar-refractivity contribution in [3.8, 4) is 0 Å². The Morgan fingerprint density at radius 3 is 2.44 bits per heavy atom. The van der Waals surface area contributed by atoms with Crippen LogP contribution in [0.4, 0.5) is 0 Å². The molecule has 1 aromatic carbocycles. The standard InChI is InChI=1S/C15H16N2.ClH/c1-2-5-14(6-3-1)7-4-10-17-13-15-8-11-16-12-9-15;/h1-9,11-12,17H,10,13H2;1H/b7-4+;. The molecule has 0 bridgehead atoms. The molecule has 0 atom stereocenters. The zero-order valence-corrected chi connectivity index (χ0v) is 10.9. The fourth-order valence-corrected chi connectivity index (χ4v) is 1.56. The second kappa shape index (κ2) is 8.45. The molecule has 2 rings (SSSR count). The molecule has 94 valence electrons. The highest BCUT2D eigenvalue weighted by Gasteiger charge is 1.88. The molecule has 0 aliphatic rings. The molecule has 0 amide bonds. The number of hydrogen-bond acceptors (Lipinski definition) is 2. The van der Waals surface area contributed by atoms with E-state index in [0.717, 1.165) is 13.1 Å². The summed E-state index contributed by atoms with van der Waals surface area (Å²) in [5, 5.41) is 3.36. The van der Waals surface area contributed by atoms with Gasteiger partial charge in [-0.05, 0) is 23.3 Å². The average molecular weight is 261 g/mol. The minimum absolute atomic E-state index is 0. The van der Waals surface area contributed by atoms with Crippen LogP contribution in [-0.2, 0) is 6.54 Å². The van der Waals surface area contributed by atoms with E-state index in [-0.39, 0.29) is 12.4 Å². The summed E-state index contributed by atoms with van der Waals surface area (Å²) in [4.78, 5) is 3.99. The van der Waals surface area contributed by atoms with Gasteiger partial charge in [0.05, 0.1) is 0 Å². The number of halogens is 1. The lowest BCUT2D eigenvalue weighted by molar-refractivity contribution is 0.760. The van der Waals surface area contributed by atoms with Crippen LogP contribution in [0.3, 0.4) is 0 Å². The van der Waals surface area contributed by atoms with Gasteiger partial charge in [0.1, 0.15) is 0 Å². The smallest absolute Gasteiger partial charge is 0.0271 e. The Hall–Kier alpha value is -1.64. The summed E-state index contributed by atoms with van der Waals surface area (Å²) in [7, 11) is 0. The van der Waals surface area contributed by atoms with E-state index in [2.05, 4.69) is 34.6 Å². The zero-order valence-electron chi connectivity index (χ0n) is 10.1. The molecule has 2 nitrogen and oxygen atoms in total. The van der Waals surface area contributed by atoms with Crippen molar-refractivity contribution in [1.82, 2.24) is 10.3 Å². The Morgan fingerprint density at radius 2 is 1.72 bits per heavy atom. The lowest BCUT2D eigenvalue weighted by Gasteiger charge is -2.00. The van der Waals surface area contributed by atoms with E-state index in [4.69, 9.17) is 0 Å². The van der Waals surface area contributed by atoms with Crippen molar-refractivity contribution in [2.24, 2.45) is 0 Å². The predicted octanol–water partition coefficient (Wildman–Crippen LogP) is 3.31. The molecular formula is C15H17ClN2. The minimum Gasteiger partial charge on any atom is -0.309 e. The van der Waals surface area contributed by atoms with E-state index in [0.29, 0.717) is 0 Å². The summed E-state index contributed by atoms with van der Waals surface area (Å²) < 4.78 is 0. The number of hydrogen-bond donors (Lipinski definition) is 1. The Morgan fingerprint density at radius 1 is 1.00 bits per heavy atom. The fourth-order valence-electron chi connectivity index (χ4n) is 1.56. The number of aromatic nitrogens is 1. The molecule has 0 radical (unpaired) electrons. The molecule has 3 heteroatoms. The molecule has 1 aromatic heterocycles. The fraction of sp³-hybridized carbons (Fsp3) is 0.133. The van der Waals surface area contributed by atoms with Crippen LogP contribution in [0.1, 0.15) is 11.1 Å². The summed E-state index contributed by atoms with van der Waals surface area (Å²) in [5.41, 5.74) is 2.49. The van der Waals surface area contributed by atoms with Crippen LogP contribution in [0.15, 0.2) is 60.9 Å². The van der Waals surface area contributed by atoms with E-state index in [1.54, 1.807) is 0 Å². The maximum atomic E-state index is 3.99. The van der Waals surface area contributed by atoms with E-state index < -0.39 is 0 Å². The Labute approximate surface area is 114 Å². The van der Waals surface area contributed by atoms with Crippen molar-refractivity contribution < 1.29 is 0 Å². The minimum atomic E-state index is 0. The van der Waals surface area contributed by atoms with Gasteiger partial charge in [0.15, 0.2) is 0 Å². The van der Waals surface area contributed by atoms with Crippen LogP contribution in [0.5, 0.6) is 0 Å². The van der Waals surface area contributed by atoms with Gasteiger partial charge in [-0.15, -0.1) is 12.4 Å². The largest absolute Gasteiger partial charge is 0.309 e. The predicted molar refractivity (Wildman–Crippen MR) is 78.7 cm³/mol. The molecule has 2 aromatic rings. The maximum Gasteiger partial charge on any atom is 0.0271 e. The number of benzene rings is 1. The first-order chi connectivity index (χ1) is 8.45. The van der Waals surface area contributed by atoms with Gasteiger partial charge in [0, 0.05) is 25.5 Å². The van der Waals surface area contributed by atoms with Gasteiger partial charge in [-0.1, -0.05) is 42.5 Å². The summed E-state index contributed by atoms with van der Waals surface area (Å²) in [5.74, 6) is 0. The number of nitrogens with one attached hydrogen (secondary N) is 1. The number of pyridine rings is 1. The normalized spacial score (nSPS) is 10.2. The van der Waals surface area contributed by atoms with Crippen LogP contribution >= 0.6 is 12.4 Å². The molecule has 1 N–H and O–H groups in total. The lowest BCUT2D eigenvalue weighted by atomic mass is 10.2. The van der Waals surface area contributed by atoms with Gasteiger partial charge in [-0.25, -0.2) is 0 Å². The van der Waals surface area contributed by atoms with E-state index >= 15 is 0 Å². The first-order valence-corrected chi connectivity index (χ1v) is 5.76. The monoisotopic (exact) mass is 260 g/mol. The Balaban J connectivity index is 0.00000162. The second-order valence-corrected chi connectivity index (χ2v) is 3.80. The van der Waals surface area contributed by atoms with Gasteiger partial charge in [0.25, 0.3) is 0 Å². The SMILES string of the molecule is C(=C\c1ccccc1)/CNCc1ccncc1.Cl. The number of nitrogens with zero attached hydrogens (tertiary/aromatic N) is 1. The highest BCUT2D eigenvalue weighted by atomic mass is 35.5. The molecule has 0 aliphatic heterocycles. The van der Waals surface area contributed by atoms with Crippen LogP contribution in [0, 0.1) is 0 Å². The van der Waals surface area contributed by atoms with E-state index in [1.807, 2.05) is 42.7 Å². The molecule has 18 heavy (non-hydrogen) atoms. The van der Waals surface area contributed by atoms with Crippen LogP contribution in [-0.4, -0.2) is 11.5 Å². The van der Waals surface area contributed by atoms with Crippen molar-refractivity contribution in [2.75, 3.05) is 6.54 Å². The summed E-state index contributed by atoms with van der Waals surface area (Å²) in [6, 6.07) is 14.4. The van der Waals surface area contributed by atoms with Crippen LogP contribution < -0.4 is 5.32 Å². The first-order valence-electron chi connectivity index (χ1n) is 5.76. The van der Waals surface area contributed by atoms with Gasteiger partial charge < -0.3 is 5.32 Å². The highest BCUT2D eigenvalue weighted by Crippen LogP contribution is 2.00. The molecule has 1 heterocycles.